The molecule has 0 bridgehead atoms. The number of hydrogen-bond acceptors (Lipinski definition) is 7. The maximum Gasteiger partial charge on any atom is 0.339 e. The van der Waals surface area contributed by atoms with Gasteiger partial charge in [0.05, 0.1) is 14.2 Å². The molecule has 0 aliphatic heterocycles. The average Bonchev–Trinajstić information content (AvgIpc) is 2.90. The molecule has 198 valence electrons. The molecular weight excluding hydrogens is 482 g/mol. The van der Waals surface area contributed by atoms with E-state index in [2.05, 4.69) is 0 Å². The van der Waals surface area contributed by atoms with Gasteiger partial charge >= 0.3 is 5.63 Å². The number of methoxy groups -OCH3 is 2. The van der Waals surface area contributed by atoms with Crippen LogP contribution in [0.3, 0.4) is 0 Å². The largest absolute Gasteiger partial charge is 0.496 e. The molecule has 0 fully saturated rings. The highest BCUT2D eigenvalue weighted by Crippen LogP contribution is 2.37. The van der Waals surface area contributed by atoms with Crippen molar-refractivity contribution in [3.8, 4) is 28.4 Å². The monoisotopic (exact) mass is 515 g/mol. The molecule has 4 rings (SSSR count). The van der Waals surface area contributed by atoms with Crippen molar-refractivity contribution in [3.05, 3.63) is 87.3 Å². The zero-order chi connectivity index (χ0) is 27.4. The topological polar surface area (TPSA) is 78.2 Å². The summed E-state index contributed by atoms with van der Waals surface area (Å²) in [4.78, 5) is 28.2. The van der Waals surface area contributed by atoms with Crippen LogP contribution in [0.2, 0.25) is 0 Å². The second kappa shape index (κ2) is 11.5. The molecule has 0 radical (unpaired) electrons. The number of benzene rings is 3. The van der Waals surface area contributed by atoms with Gasteiger partial charge in [0.25, 0.3) is 0 Å². The van der Waals surface area contributed by atoms with Gasteiger partial charge in [0.1, 0.15) is 17.9 Å². The van der Waals surface area contributed by atoms with E-state index in [1.807, 2.05) is 63.2 Å². The number of carbonyl (C=O) groups is 1. The normalized spacial score (nSPS) is 11.1. The van der Waals surface area contributed by atoms with Crippen molar-refractivity contribution >= 4 is 16.8 Å². The molecule has 38 heavy (non-hydrogen) atoms. The van der Waals surface area contributed by atoms with Gasteiger partial charge in [-0.3, -0.25) is 4.79 Å². The van der Waals surface area contributed by atoms with E-state index >= 15 is 0 Å². The number of likely N-dealkylation sites (N-methyl/N-ethyl adjacent to an activating group) is 1. The molecular formula is C31H33NO6. The van der Waals surface area contributed by atoms with Gasteiger partial charge in [0.15, 0.2) is 17.3 Å². The standard InChI is InChI=1S/C31H33NO6/c1-19-8-7-9-21(14-19)25-16-22(10-11-27(25)35-5)26(33)17-24-15-23-18-28(36-6)30(37-13-12-32(3)4)20(2)29(23)38-31(24)34/h7-11,14-16,18H,12-13,17H2,1-6H3. The maximum atomic E-state index is 13.3. The predicted octanol–water partition coefficient (Wildman–Crippen LogP) is 5.46. The first-order valence-corrected chi connectivity index (χ1v) is 12.4. The highest BCUT2D eigenvalue weighted by molar-refractivity contribution is 5.99. The lowest BCUT2D eigenvalue weighted by Gasteiger charge is -2.16. The summed E-state index contributed by atoms with van der Waals surface area (Å²) in [5, 5.41) is 0.664. The minimum Gasteiger partial charge on any atom is -0.496 e. The molecule has 7 nitrogen and oxygen atoms in total. The van der Waals surface area contributed by atoms with Crippen molar-refractivity contribution in [3.63, 3.8) is 0 Å². The van der Waals surface area contributed by atoms with Gasteiger partial charge in [0, 0.05) is 40.6 Å². The Bertz CT molecular complexity index is 1540. The van der Waals surface area contributed by atoms with Gasteiger partial charge in [-0.1, -0.05) is 29.8 Å². The van der Waals surface area contributed by atoms with E-state index in [-0.39, 0.29) is 17.8 Å². The number of Topliss-reactive ketones (excluding diaryl/α,β-unsaturated/α-hetero) is 1. The third kappa shape index (κ3) is 5.73. The average molecular weight is 516 g/mol. The number of ketones is 1. The zero-order valence-electron chi connectivity index (χ0n) is 22.7. The maximum absolute atomic E-state index is 13.3. The highest BCUT2D eigenvalue weighted by Gasteiger charge is 2.19. The van der Waals surface area contributed by atoms with Crippen LogP contribution in [0, 0.1) is 13.8 Å². The predicted molar refractivity (Wildman–Crippen MR) is 149 cm³/mol. The first-order chi connectivity index (χ1) is 18.2. The summed E-state index contributed by atoms with van der Waals surface area (Å²) in [6, 6.07) is 16.8. The Morgan fingerprint density at radius 2 is 1.71 bits per heavy atom. The Kier molecular flexibility index (Phi) is 8.17. The SMILES string of the molecule is COc1ccc(C(=O)Cc2cc3cc(OC)c(OCCN(C)C)c(C)c3oc2=O)cc1-c1cccc(C)c1. The van der Waals surface area contributed by atoms with E-state index in [0.29, 0.717) is 46.0 Å². The minimum atomic E-state index is -0.550. The van der Waals surface area contributed by atoms with E-state index in [9.17, 15) is 9.59 Å². The van der Waals surface area contributed by atoms with Gasteiger partial charge in [0.2, 0.25) is 0 Å². The fourth-order valence-electron chi connectivity index (χ4n) is 4.40. The molecule has 0 saturated carbocycles. The van der Waals surface area contributed by atoms with Gasteiger partial charge in [-0.05, 0) is 63.8 Å². The highest BCUT2D eigenvalue weighted by atomic mass is 16.5. The van der Waals surface area contributed by atoms with E-state index in [1.54, 1.807) is 38.5 Å². The molecule has 3 aromatic carbocycles. The lowest BCUT2D eigenvalue weighted by molar-refractivity contribution is 0.0992. The number of nitrogens with zero attached hydrogens (tertiary/aromatic N) is 1. The molecule has 0 N–H and O–H groups in total. The number of ether oxygens (including phenoxy) is 3. The van der Waals surface area contributed by atoms with Crippen molar-refractivity contribution in [1.29, 1.82) is 0 Å². The molecule has 7 heteroatoms. The summed E-state index contributed by atoms with van der Waals surface area (Å²) in [5.41, 5.74) is 4.17. The van der Waals surface area contributed by atoms with Crippen molar-refractivity contribution in [1.82, 2.24) is 4.90 Å². The molecule has 0 aliphatic rings. The number of fused-ring (bicyclic) bond motifs is 1. The van der Waals surface area contributed by atoms with Crippen LogP contribution >= 0.6 is 0 Å². The number of aryl methyl sites for hydroxylation is 2. The number of hydrogen-bond donors (Lipinski definition) is 0. The third-order valence-corrected chi connectivity index (χ3v) is 6.45. The molecule has 1 aromatic heterocycles. The second-order valence-corrected chi connectivity index (χ2v) is 9.55. The Balaban J connectivity index is 1.67. The Morgan fingerprint density at radius 3 is 2.39 bits per heavy atom. The Hall–Kier alpha value is -4.10. The lowest BCUT2D eigenvalue weighted by atomic mass is 9.96. The van der Waals surface area contributed by atoms with Crippen LogP contribution in [0.15, 0.2) is 63.8 Å². The molecule has 0 unspecified atom stereocenters. The minimum absolute atomic E-state index is 0.0969. The van der Waals surface area contributed by atoms with E-state index in [1.165, 1.54) is 0 Å². The fraction of sp³-hybridized carbons (Fsp3) is 0.290. The molecule has 4 aromatic rings. The molecule has 0 saturated heterocycles. The summed E-state index contributed by atoms with van der Waals surface area (Å²) >= 11 is 0. The second-order valence-electron chi connectivity index (χ2n) is 9.55. The van der Waals surface area contributed by atoms with Gasteiger partial charge in [-0.15, -0.1) is 0 Å². The zero-order valence-corrected chi connectivity index (χ0v) is 22.7. The van der Waals surface area contributed by atoms with Crippen molar-refractivity contribution in [2.24, 2.45) is 0 Å². The Labute approximate surface area is 222 Å². The van der Waals surface area contributed by atoms with Gasteiger partial charge < -0.3 is 23.5 Å². The molecule has 1 heterocycles. The first-order valence-electron chi connectivity index (χ1n) is 12.4. The van der Waals surface area contributed by atoms with Gasteiger partial charge in [-0.2, -0.15) is 0 Å². The van der Waals surface area contributed by atoms with Crippen LogP contribution in [-0.4, -0.2) is 52.1 Å². The summed E-state index contributed by atoms with van der Waals surface area (Å²) in [5.74, 6) is 1.55. The van der Waals surface area contributed by atoms with Gasteiger partial charge in [-0.25, -0.2) is 4.79 Å². The third-order valence-electron chi connectivity index (χ3n) is 6.45. The van der Waals surface area contributed by atoms with Crippen LogP contribution in [0.25, 0.3) is 22.1 Å². The van der Waals surface area contributed by atoms with Crippen molar-refractivity contribution < 1.29 is 23.4 Å². The van der Waals surface area contributed by atoms with E-state index in [4.69, 9.17) is 18.6 Å². The number of carbonyl (C=O) groups excluding carboxylic acids is 1. The van der Waals surface area contributed by atoms with Crippen LogP contribution in [0.5, 0.6) is 17.2 Å². The quantitative estimate of drug-likeness (QED) is 0.205. The summed E-state index contributed by atoms with van der Waals surface area (Å²) in [6.07, 6.45) is -0.0969. The molecule has 0 spiro atoms. The Morgan fingerprint density at radius 1 is 0.947 bits per heavy atom. The smallest absolute Gasteiger partial charge is 0.339 e. The number of rotatable bonds is 10. The van der Waals surface area contributed by atoms with Crippen LogP contribution in [0.4, 0.5) is 0 Å². The molecule has 0 aliphatic carbocycles. The van der Waals surface area contributed by atoms with Crippen molar-refractivity contribution in [2.75, 3.05) is 41.5 Å². The summed E-state index contributed by atoms with van der Waals surface area (Å²) in [7, 11) is 7.10. The van der Waals surface area contributed by atoms with Crippen LogP contribution in [-0.2, 0) is 6.42 Å². The molecule has 0 amide bonds. The lowest BCUT2D eigenvalue weighted by Crippen LogP contribution is -2.20. The van der Waals surface area contributed by atoms with Crippen LogP contribution in [0.1, 0.15) is 27.0 Å². The van der Waals surface area contributed by atoms with Crippen LogP contribution < -0.4 is 19.8 Å². The van der Waals surface area contributed by atoms with E-state index in [0.717, 1.165) is 23.2 Å². The summed E-state index contributed by atoms with van der Waals surface area (Å²) < 4.78 is 22.7. The van der Waals surface area contributed by atoms with E-state index < -0.39 is 5.63 Å². The summed E-state index contributed by atoms with van der Waals surface area (Å²) in [6.45, 7) is 5.02. The first kappa shape index (κ1) is 26.9. The van der Waals surface area contributed by atoms with Crippen molar-refractivity contribution in [2.45, 2.75) is 20.3 Å². The molecule has 0 atom stereocenters. The fourth-order valence-corrected chi connectivity index (χ4v) is 4.40.